The summed E-state index contributed by atoms with van der Waals surface area (Å²) < 4.78 is 30.3. The highest BCUT2D eigenvalue weighted by Gasteiger charge is 2.54. The normalized spacial score (nSPS) is 25.2. The van der Waals surface area contributed by atoms with E-state index in [2.05, 4.69) is 10.4 Å². The van der Waals surface area contributed by atoms with Crippen LogP contribution < -0.4 is 5.32 Å². The maximum absolute atomic E-state index is 15.0. The highest BCUT2D eigenvalue weighted by atomic mass is 19.1. The molecule has 156 valence electrons. The molecule has 0 unspecified atom stereocenters. The lowest BCUT2D eigenvalue weighted by molar-refractivity contribution is 0.0900. The number of rotatable bonds is 4. The van der Waals surface area contributed by atoms with Crippen LogP contribution in [0.4, 0.5) is 8.78 Å². The molecule has 2 aliphatic rings. The summed E-state index contributed by atoms with van der Waals surface area (Å²) in [4.78, 5) is 12.8. The molecule has 0 atom stereocenters. The second-order valence-electron chi connectivity index (χ2n) is 8.90. The zero-order chi connectivity index (χ0) is 21.1. The Bertz CT molecular complexity index is 1160. The molecule has 5 rings (SSSR count). The van der Waals surface area contributed by atoms with Crippen LogP contribution in [-0.2, 0) is 7.05 Å². The summed E-state index contributed by atoms with van der Waals surface area (Å²) in [5.74, 6) is -1.31. The van der Waals surface area contributed by atoms with Gasteiger partial charge in [0, 0.05) is 35.7 Å². The molecule has 0 spiro atoms. The quantitative estimate of drug-likeness (QED) is 0.683. The van der Waals surface area contributed by atoms with Gasteiger partial charge in [0.1, 0.15) is 17.3 Å². The molecule has 0 aliphatic heterocycles. The molecule has 1 heterocycles. The van der Waals surface area contributed by atoms with E-state index in [0.29, 0.717) is 16.6 Å². The molecule has 2 aliphatic carbocycles. The summed E-state index contributed by atoms with van der Waals surface area (Å²) in [5.41, 5.74) is 1.13. The number of amides is 1. The number of carbonyl (C=O) groups excluding carboxylic acids is 1. The van der Waals surface area contributed by atoms with Gasteiger partial charge in [-0.2, -0.15) is 5.10 Å². The second-order valence-corrected chi connectivity index (χ2v) is 8.90. The molecule has 1 amide bonds. The number of aryl methyl sites for hydroxylation is 1. The van der Waals surface area contributed by atoms with Gasteiger partial charge in [0.25, 0.3) is 5.91 Å². The number of aromatic nitrogens is 2. The predicted molar refractivity (Wildman–Crippen MR) is 109 cm³/mol. The van der Waals surface area contributed by atoms with Crippen LogP contribution in [0.3, 0.4) is 0 Å². The fraction of sp³-hybridized carbons (Fsp3) is 0.391. The molecule has 2 bridgehead atoms. The Hall–Kier alpha value is -2.80. The van der Waals surface area contributed by atoms with Crippen molar-refractivity contribution in [1.29, 1.82) is 0 Å². The Labute approximate surface area is 172 Å². The number of benzene rings is 2. The van der Waals surface area contributed by atoms with Crippen molar-refractivity contribution in [3.05, 3.63) is 53.6 Å². The zero-order valence-corrected chi connectivity index (χ0v) is 16.7. The number of carbonyl (C=O) groups is 1. The van der Waals surface area contributed by atoms with Crippen molar-refractivity contribution in [2.45, 2.75) is 37.6 Å². The van der Waals surface area contributed by atoms with Crippen LogP contribution in [0, 0.1) is 17.0 Å². The first-order chi connectivity index (χ1) is 14.3. The van der Waals surface area contributed by atoms with Crippen LogP contribution in [0.25, 0.3) is 22.2 Å². The van der Waals surface area contributed by atoms with E-state index in [1.165, 1.54) is 24.3 Å². The molecule has 0 saturated heterocycles. The summed E-state index contributed by atoms with van der Waals surface area (Å²) in [7, 11) is 1.72. The van der Waals surface area contributed by atoms with Crippen LogP contribution in [-0.4, -0.2) is 32.9 Å². The second kappa shape index (κ2) is 6.60. The summed E-state index contributed by atoms with van der Waals surface area (Å²) >= 11 is 0. The van der Waals surface area contributed by atoms with Gasteiger partial charge in [0.15, 0.2) is 0 Å². The number of fused-ring (bicyclic) bond motifs is 3. The number of aliphatic hydroxyl groups is 1. The monoisotopic (exact) mass is 411 g/mol. The van der Waals surface area contributed by atoms with Gasteiger partial charge in [-0.05, 0) is 73.9 Å². The Morgan fingerprint density at radius 3 is 2.60 bits per heavy atom. The van der Waals surface area contributed by atoms with Crippen molar-refractivity contribution in [2.75, 3.05) is 6.61 Å². The van der Waals surface area contributed by atoms with E-state index in [0.717, 1.165) is 32.1 Å². The zero-order valence-electron chi connectivity index (χ0n) is 16.7. The fourth-order valence-electron chi connectivity index (χ4n) is 5.31. The maximum Gasteiger partial charge on any atom is 0.251 e. The lowest BCUT2D eigenvalue weighted by Gasteiger charge is -2.28. The minimum Gasteiger partial charge on any atom is -0.396 e. The number of hydrogen-bond donors (Lipinski definition) is 2. The van der Waals surface area contributed by atoms with Crippen LogP contribution in [0.1, 0.15) is 42.5 Å². The van der Waals surface area contributed by atoms with Gasteiger partial charge in [-0.3, -0.25) is 9.48 Å². The van der Waals surface area contributed by atoms with Crippen molar-refractivity contribution in [2.24, 2.45) is 12.5 Å². The summed E-state index contributed by atoms with van der Waals surface area (Å²) in [6.07, 6.45) is 4.26. The minimum atomic E-state index is -0.577. The first kappa shape index (κ1) is 19.2. The van der Waals surface area contributed by atoms with E-state index >= 15 is 0 Å². The highest BCUT2D eigenvalue weighted by Crippen LogP contribution is 2.56. The van der Waals surface area contributed by atoms with E-state index in [-0.39, 0.29) is 34.6 Å². The molecule has 5 nitrogen and oxygen atoms in total. The van der Waals surface area contributed by atoms with Gasteiger partial charge in [0.05, 0.1) is 5.52 Å². The van der Waals surface area contributed by atoms with Crippen molar-refractivity contribution in [3.8, 4) is 11.3 Å². The summed E-state index contributed by atoms with van der Waals surface area (Å²) in [6, 6.07) is 8.60. The first-order valence-corrected chi connectivity index (χ1v) is 10.2. The number of nitrogens with one attached hydrogen (secondary N) is 1. The van der Waals surface area contributed by atoms with E-state index < -0.39 is 11.6 Å². The molecule has 30 heavy (non-hydrogen) atoms. The van der Waals surface area contributed by atoms with Gasteiger partial charge in [0.2, 0.25) is 0 Å². The largest absolute Gasteiger partial charge is 0.396 e. The van der Waals surface area contributed by atoms with Crippen LogP contribution in [0.15, 0.2) is 36.4 Å². The lowest BCUT2D eigenvalue weighted by atomic mass is 9.85. The fourth-order valence-corrected chi connectivity index (χ4v) is 5.31. The van der Waals surface area contributed by atoms with Crippen LogP contribution in [0.5, 0.6) is 0 Å². The summed E-state index contributed by atoms with van der Waals surface area (Å²) in [6.45, 7) is 0.145. The molecule has 2 fully saturated rings. The molecular formula is C23H23F2N3O2. The van der Waals surface area contributed by atoms with E-state index in [4.69, 9.17) is 0 Å². The lowest BCUT2D eigenvalue weighted by Crippen LogP contribution is -2.45. The van der Waals surface area contributed by atoms with E-state index in [1.807, 2.05) is 0 Å². The Kier molecular flexibility index (Phi) is 4.22. The van der Waals surface area contributed by atoms with Gasteiger partial charge in [-0.25, -0.2) is 8.78 Å². The molecular weight excluding hydrogens is 388 g/mol. The molecule has 7 heteroatoms. The third kappa shape index (κ3) is 2.91. The van der Waals surface area contributed by atoms with Gasteiger partial charge in [-0.15, -0.1) is 0 Å². The van der Waals surface area contributed by atoms with Gasteiger partial charge in [-0.1, -0.05) is 0 Å². The maximum atomic E-state index is 15.0. The number of hydrogen-bond acceptors (Lipinski definition) is 3. The molecule has 2 saturated carbocycles. The average molecular weight is 411 g/mol. The topological polar surface area (TPSA) is 67.2 Å². The molecule has 2 N–H and O–H groups in total. The van der Waals surface area contributed by atoms with Crippen LogP contribution >= 0.6 is 0 Å². The van der Waals surface area contributed by atoms with E-state index in [1.54, 1.807) is 23.9 Å². The predicted octanol–water partition coefficient (Wildman–Crippen LogP) is 3.94. The molecule has 1 aromatic heterocycles. The SMILES string of the molecule is Cn1nc(-c2ccc(C(=O)NC34CCC(CO)(CC3)C4)cc2F)c2cc(F)ccc21. The van der Waals surface area contributed by atoms with Gasteiger partial charge >= 0.3 is 0 Å². The minimum absolute atomic E-state index is 0.0717. The van der Waals surface area contributed by atoms with Gasteiger partial charge < -0.3 is 10.4 Å². The summed E-state index contributed by atoms with van der Waals surface area (Å²) in [5, 5.41) is 17.7. The van der Waals surface area contributed by atoms with Crippen LogP contribution in [0.2, 0.25) is 0 Å². The molecule has 3 aromatic rings. The molecule has 2 aromatic carbocycles. The average Bonchev–Trinajstić information content (AvgIpc) is 3.38. The number of aliphatic hydroxyl groups excluding tert-OH is 1. The number of halogens is 2. The number of nitrogens with zero attached hydrogens (tertiary/aromatic N) is 2. The Morgan fingerprint density at radius 1 is 1.17 bits per heavy atom. The Morgan fingerprint density at radius 2 is 1.93 bits per heavy atom. The third-order valence-electron chi connectivity index (χ3n) is 6.99. The van der Waals surface area contributed by atoms with E-state index in [9.17, 15) is 18.7 Å². The van der Waals surface area contributed by atoms with Crippen molar-refractivity contribution >= 4 is 16.8 Å². The molecule has 0 radical (unpaired) electrons. The Balaban J connectivity index is 1.43. The smallest absolute Gasteiger partial charge is 0.251 e. The van der Waals surface area contributed by atoms with Crippen molar-refractivity contribution in [1.82, 2.24) is 15.1 Å². The van der Waals surface area contributed by atoms with Crippen molar-refractivity contribution < 1.29 is 18.7 Å². The highest BCUT2D eigenvalue weighted by molar-refractivity contribution is 5.97. The standard InChI is InChI=1S/C23H23F2N3O2/c1-28-19-5-3-15(24)11-17(19)20(27-28)16-4-2-14(10-18(16)25)21(30)26-23-8-6-22(12-23,13-29)7-9-23/h2-5,10-11,29H,6-9,12-13H2,1H3,(H,26,30). The first-order valence-electron chi connectivity index (χ1n) is 10.2. The third-order valence-corrected chi connectivity index (χ3v) is 6.99. The van der Waals surface area contributed by atoms with Crippen molar-refractivity contribution in [3.63, 3.8) is 0 Å².